The van der Waals surface area contributed by atoms with E-state index in [4.69, 9.17) is 22.1 Å². The Morgan fingerprint density at radius 2 is 2.18 bits per heavy atom. The third-order valence-electron chi connectivity index (χ3n) is 0.992. The first-order valence-electron chi connectivity index (χ1n) is 2.55. The van der Waals surface area contributed by atoms with Crippen molar-refractivity contribution in [3.05, 3.63) is 11.5 Å². The Bertz CT molecular complexity index is 223. The summed E-state index contributed by atoms with van der Waals surface area (Å²) in [5.74, 6) is 0.576. The van der Waals surface area contributed by atoms with Crippen LogP contribution in [0.1, 0.15) is 0 Å². The van der Waals surface area contributed by atoms with Crippen molar-refractivity contribution in [1.29, 1.82) is 0 Å². The Morgan fingerprint density at radius 1 is 1.55 bits per heavy atom. The number of halogens is 2. The fourth-order valence-corrected chi connectivity index (χ4v) is 0.771. The summed E-state index contributed by atoms with van der Waals surface area (Å²) in [7, 11) is 1.46. The lowest BCUT2D eigenvalue weighted by Gasteiger charge is -2.01. The third-order valence-corrected chi connectivity index (χ3v) is 1.26. The molecule has 0 saturated carbocycles. The van der Waals surface area contributed by atoms with Crippen molar-refractivity contribution in [3.8, 4) is 5.75 Å². The van der Waals surface area contributed by atoms with E-state index in [0.29, 0.717) is 5.75 Å². The molecule has 0 aliphatic rings. The molecule has 0 spiro atoms. The minimum Gasteiger partial charge on any atom is -0.490 e. The standard InChI is InChI=1S/C5H6ClN3O.ClH/c1-10-3-4(6)8-2-9-5(3)7;/h2H,1H3,(H2,7,8,9);1H. The number of hydrogen-bond donors (Lipinski definition) is 1. The molecule has 0 bridgehead atoms. The van der Waals surface area contributed by atoms with Crippen molar-refractivity contribution in [2.75, 3.05) is 12.8 Å². The lowest BCUT2D eigenvalue weighted by Crippen LogP contribution is -1.97. The fourth-order valence-electron chi connectivity index (χ4n) is 0.553. The van der Waals surface area contributed by atoms with Crippen LogP contribution in [-0.2, 0) is 0 Å². The first kappa shape index (κ1) is 10.3. The molecule has 1 rings (SSSR count). The first-order valence-corrected chi connectivity index (χ1v) is 2.93. The molecule has 0 amide bonds. The molecule has 1 aromatic rings. The molecule has 0 aliphatic carbocycles. The topological polar surface area (TPSA) is 61.0 Å². The van der Waals surface area contributed by atoms with E-state index in [0.717, 1.165) is 0 Å². The van der Waals surface area contributed by atoms with E-state index in [-0.39, 0.29) is 23.4 Å². The molecule has 62 valence electrons. The number of methoxy groups -OCH3 is 1. The van der Waals surface area contributed by atoms with Crippen molar-refractivity contribution in [3.63, 3.8) is 0 Å². The predicted octanol–water partition coefficient (Wildman–Crippen LogP) is 1.14. The van der Waals surface area contributed by atoms with Crippen LogP contribution in [-0.4, -0.2) is 17.1 Å². The highest BCUT2D eigenvalue weighted by molar-refractivity contribution is 6.31. The Balaban J connectivity index is 0.000001000. The summed E-state index contributed by atoms with van der Waals surface area (Å²) in [5.41, 5.74) is 5.37. The number of nitrogens with zero attached hydrogens (tertiary/aromatic N) is 2. The van der Waals surface area contributed by atoms with Gasteiger partial charge in [-0.15, -0.1) is 12.4 Å². The fraction of sp³-hybridized carbons (Fsp3) is 0.200. The van der Waals surface area contributed by atoms with E-state index in [1.165, 1.54) is 13.4 Å². The monoisotopic (exact) mass is 195 g/mol. The van der Waals surface area contributed by atoms with Crippen molar-refractivity contribution >= 4 is 29.8 Å². The Hall–Kier alpha value is -0.740. The van der Waals surface area contributed by atoms with E-state index in [1.54, 1.807) is 0 Å². The number of hydrogen-bond acceptors (Lipinski definition) is 4. The molecular formula is C5H7Cl2N3O. The van der Waals surface area contributed by atoms with E-state index in [2.05, 4.69) is 9.97 Å². The maximum atomic E-state index is 5.57. The summed E-state index contributed by atoms with van der Waals surface area (Å²) in [5, 5.41) is 0.231. The largest absolute Gasteiger partial charge is 0.490 e. The molecule has 2 N–H and O–H groups in total. The number of anilines is 1. The lowest BCUT2D eigenvalue weighted by atomic mass is 10.5. The average molecular weight is 196 g/mol. The van der Waals surface area contributed by atoms with Gasteiger partial charge in [-0.3, -0.25) is 0 Å². The van der Waals surface area contributed by atoms with Crippen LogP contribution >= 0.6 is 24.0 Å². The molecule has 0 radical (unpaired) electrons. The van der Waals surface area contributed by atoms with Crippen LogP contribution in [0, 0.1) is 0 Å². The SMILES string of the molecule is COc1c(N)ncnc1Cl.Cl. The predicted molar refractivity (Wildman–Crippen MR) is 45.3 cm³/mol. The normalized spacial score (nSPS) is 8.55. The number of nitrogens with two attached hydrogens (primary N) is 1. The maximum Gasteiger partial charge on any atom is 0.198 e. The van der Waals surface area contributed by atoms with Crippen molar-refractivity contribution in [1.82, 2.24) is 9.97 Å². The molecule has 0 aliphatic heterocycles. The molecule has 0 fully saturated rings. The zero-order valence-electron chi connectivity index (χ0n) is 5.74. The summed E-state index contributed by atoms with van der Waals surface area (Å²) < 4.78 is 4.79. The number of ether oxygens (including phenoxy) is 1. The van der Waals surface area contributed by atoms with Gasteiger partial charge in [0.05, 0.1) is 7.11 Å². The number of aromatic nitrogens is 2. The van der Waals surface area contributed by atoms with Gasteiger partial charge in [0.25, 0.3) is 0 Å². The first-order chi connectivity index (χ1) is 4.75. The van der Waals surface area contributed by atoms with E-state index in [1.807, 2.05) is 0 Å². The average Bonchev–Trinajstić information content (AvgIpc) is 1.88. The van der Waals surface area contributed by atoms with Crippen LogP contribution in [0.4, 0.5) is 5.82 Å². The molecule has 1 heterocycles. The van der Waals surface area contributed by atoms with Gasteiger partial charge in [-0.25, -0.2) is 9.97 Å². The summed E-state index contributed by atoms with van der Waals surface area (Å²) in [6.07, 6.45) is 1.28. The van der Waals surface area contributed by atoms with Crippen molar-refractivity contribution in [2.24, 2.45) is 0 Å². The van der Waals surface area contributed by atoms with Gasteiger partial charge in [0, 0.05) is 0 Å². The van der Waals surface area contributed by atoms with Gasteiger partial charge in [-0.2, -0.15) is 0 Å². The third kappa shape index (κ3) is 2.10. The molecule has 0 atom stereocenters. The quantitative estimate of drug-likeness (QED) is 0.684. The highest BCUT2D eigenvalue weighted by Gasteiger charge is 2.04. The van der Waals surface area contributed by atoms with Gasteiger partial charge < -0.3 is 10.5 Å². The van der Waals surface area contributed by atoms with E-state index >= 15 is 0 Å². The van der Waals surface area contributed by atoms with Gasteiger partial charge in [-0.1, -0.05) is 11.6 Å². The molecule has 0 saturated heterocycles. The maximum absolute atomic E-state index is 5.57. The van der Waals surface area contributed by atoms with Gasteiger partial charge in [0.2, 0.25) is 0 Å². The second-order valence-electron chi connectivity index (χ2n) is 1.58. The van der Waals surface area contributed by atoms with Crippen LogP contribution in [0.2, 0.25) is 5.15 Å². The van der Waals surface area contributed by atoms with Crippen molar-refractivity contribution < 1.29 is 4.74 Å². The highest BCUT2D eigenvalue weighted by atomic mass is 35.5. The molecule has 0 aromatic carbocycles. The van der Waals surface area contributed by atoms with Gasteiger partial charge >= 0.3 is 0 Å². The summed E-state index contributed by atoms with van der Waals surface area (Å²) in [6, 6.07) is 0. The summed E-state index contributed by atoms with van der Waals surface area (Å²) >= 11 is 5.57. The number of rotatable bonds is 1. The zero-order valence-corrected chi connectivity index (χ0v) is 7.32. The molecule has 6 heteroatoms. The second-order valence-corrected chi connectivity index (χ2v) is 1.94. The van der Waals surface area contributed by atoms with Crippen LogP contribution in [0.5, 0.6) is 5.75 Å². The summed E-state index contributed by atoms with van der Waals surface area (Å²) in [4.78, 5) is 7.33. The smallest absolute Gasteiger partial charge is 0.198 e. The lowest BCUT2D eigenvalue weighted by molar-refractivity contribution is 0.413. The molecular weight excluding hydrogens is 189 g/mol. The molecule has 0 unspecified atom stereocenters. The minimum absolute atomic E-state index is 0. The van der Waals surface area contributed by atoms with Gasteiger partial charge in [0.1, 0.15) is 6.33 Å². The van der Waals surface area contributed by atoms with E-state index in [9.17, 15) is 0 Å². The Labute approximate surface area is 75.1 Å². The Morgan fingerprint density at radius 3 is 2.55 bits per heavy atom. The number of nitrogen functional groups attached to an aromatic ring is 1. The van der Waals surface area contributed by atoms with Crippen LogP contribution < -0.4 is 10.5 Å². The Kier molecular flexibility index (Phi) is 3.92. The van der Waals surface area contributed by atoms with Gasteiger partial charge in [-0.05, 0) is 0 Å². The van der Waals surface area contributed by atoms with Crippen LogP contribution in [0.15, 0.2) is 6.33 Å². The zero-order chi connectivity index (χ0) is 7.56. The van der Waals surface area contributed by atoms with Gasteiger partial charge in [0.15, 0.2) is 16.7 Å². The molecule has 11 heavy (non-hydrogen) atoms. The molecule has 4 nitrogen and oxygen atoms in total. The highest BCUT2D eigenvalue weighted by Crippen LogP contribution is 2.25. The van der Waals surface area contributed by atoms with Crippen LogP contribution in [0.25, 0.3) is 0 Å². The van der Waals surface area contributed by atoms with Crippen molar-refractivity contribution in [2.45, 2.75) is 0 Å². The van der Waals surface area contributed by atoms with E-state index < -0.39 is 0 Å². The second kappa shape index (κ2) is 4.20. The summed E-state index contributed by atoms with van der Waals surface area (Å²) in [6.45, 7) is 0. The molecule has 1 aromatic heterocycles. The van der Waals surface area contributed by atoms with Crippen LogP contribution in [0.3, 0.4) is 0 Å². The minimum atomic E-state index is 0.